The Morgan fingerprint density at radius 2 is 1.73 bits per heavy atom. The molecule has 1 rings (SSSR count). The summed E-state index contributed by atoms with van der Waals surface area (Å²) in [5.41, 5.74) is 0. The number of hydrogen-bond donors (Lipinski definition) is 4. The lowest BCUT2D eigenvalue weighted by atomic mass is 9.83. The van der Waals surface area contributed by atoms with Crippen molar-refractivity contribution in [2.24, 2.45) is 5.92 Å². The third kappa shape index (κ3) is 1.90. The van der Waals surface area contributed by atoms with Gasteiger partial charge in [0.1, 0.15) is 0 Å². The largest absolute Gasteiger partial charge is 0.396 e. The van der Waals surface area contributed by atoms with Crippen LogP contribution in [0.4, 0.5) is 0 Å². The van der Waals surface area contributed by atoms with E-state index >= 15 is 0 Å². The standard InChI is InChI=1S/C7H14O4/c8-3-4-1-5(9)2-6(10)7(4)11/h4-11H,1-3H2/t4?,5-,6-,7?/m1/s1. The highest BCUT2D eigenvalue weighted by molar-refractivity contribution is 4.85. The van der Waals surface area contributed by atoms with Gasteiger partial charge in [-0.15, -0.1) is 0 Å². The van der Waals surface area contributed by atoms with Crippen LogP contribution in [0.15, 0.2) is 0 Å². The van der Waals surface area contributed by atoms with E-state index in [4.69, 9.17) is 15.3 Å². The Bertz CT molecular complexity index is 128. The van der Waals surface area contributed by atoms with Crippen molar-refractivity contribution in [3.05, 3.63) is 0 Å². The van der Waals surface area contributed by atoms with Crippen molar-refractivity contribution in [1.82, 2.24) is 0 Å². The Balaban J connectivity index is 2.51. The second-order valence-electron chi connectivity index (χ2n) is 3.13. The first kappa shape index (κ1) is 8.93. The molecule has 0 aliphatic heterocycles. The summed E-state index contributed by atoms with van der Waals surface area (Å²) in [6, 6.07) is 0. The van der Waals surface area contributed by atoms with Crippen LogP contribution in [-0.4, -0.2) is 45.3 Å². The maximum Gasteiger partial charge on any atom is 0.0851 e. The van der Waals surface area contributed by atoms with Crippen LogP contribution in [0.2, 0.25) is 0 Å². The Labute approximate surface area is 65.1 Å². The fourth-order valence-electron chi connectivity index (χ4n) is 1.50. The Morgan fingerprint density at radius 3 is 2.27 bits per heavy atom. The Hall–Kier alpha value is -0.160. The van der Waals surface area contributed by atoms with Gasteiger partial charge in [0.25, 0.3) is 0 Å². The van der Waals surface area contributed by atoms with Gasteiger partial charge < -0.3 is 20.4 Å². The first-order valence-corrected chi connectivity index (χ1v) is 3.80. The van der Waals surface area contributed by atoms with Crippen molar-refractivity contribution in [3.8, 4) is 0 Å². The van der Waals surface area contributed by atoms with E-state index < -0.39 is 18.3 Å². The molecule has 0 heterocycles. The highest BCUT2D eigenvalue weighted by Crippen LogP contribution is 2.24. The molecule has 4 atom stereocenters. The molecular weight excluding hydrogens is 148 g/mol. The maximum absolute atomic E-state index is 9.23. The minimum absolute atomic E-state index is 0.185. The number of hydrogen-bond acceptors (Lipinski definition) is 4. The number of aliphatic hydroxyl groups is 4. The highest BCUT2D eigenvalue weighted by Gasteiger charge is 2.34. The summed E-state index contributed by atoms with van der Waals surface area (Å²) in [5, 5.41) is 36.2. The number of aliphatic hydroxyl groups excluding tert-OH is 4. The summed E-state index contributed by atoms with van der Waals surface area (Å²) in [5.74, 6) is -0.381. The topological polar surface area (TPSA) is 80.9 Å². The lowest BCUT2D eigenvalue weighted by Crippen LogP contribution is -2.44. The van der Waals surface area contributed by atoms with Crippen LogP contribution in [0, 0.1) is 5.92 Å². The van der Waals surface area contributed by atoms with E-state index in [1.807, 2.05) is 0 Å². The smallest absolute Gasteiger partial charge is 0.0851 e. The molecule has 1 aliphatic carbocycles. The van der Waals surface area contributed by atoms with Crippen LogP contribution >= 0.6 is 0 Å². The van der Waals surface area contributed by atoms with Gasteiger partial charge in [-0.25, -0.2) is 0 Å². The number of rotatable bonds is 1. The maximum atomic E-state index is 9.23. The van der Waals surface area contributed by atoms with Gasteiger partial charge in [-0.05, 0) is 6.42 Å². The average Bonchev–Trinajstić information content (AvgIpc) is 1.96. The molecule has 0 spiro atoms. The highest BCUT2D eigenvalue weighted by atomic mass is 16.3. The van der Waals surface area contributed by atoms with Crippen LogP contribution in [0.25, 0.3) is 0 Å². The Morgan fingerprint density at radius 1 is 1.09 bits per heavy atom. The second-order valence-corrected chi connectivity index (χ2v) is 3.13. The average molecular weight is 162 g/mol. The molecule has 1 fully saturated rings. The van der Waals surface area contributed by atoms with Gasteiger partial charge >= 0.3 is 0 Å². The van der Waals surface area contributed by atoms with Crippen LogP contribution in [0.5, 0.6) is 0 Å². The third-order valence-electron chi connectivity index (χ3n) is 2.20. The van der Waals surface area contributed by atoms with Gasteiger partial charge in [0, 0.05) is 18.9 Å². The van der Waals surface area contributed by atoms with Gasteiger partial charge in [-0.1, -0.05) is 0 Å². The SMILES string of the molecule is OCC1C[C@@H](O)C[C@@H](O)C1O. The van der Waals surface area contributed by atoms with Crippen molar-refractivity contribution in [2.75, 3.05) is 6.61 Å². The van der Waals surface area contributed by atoms with Crippen molar-refractivity contribution in [1.29, 1.82) is 0 Å². The van der Waals surface area contributed by atoms with Gasteiger partial charge in [0.15, 0.2) is 0 Å². The molecule has 66 valence electrons. The molecule has 4 heteroatoms. The molecule has 0 bridgehead atoms. The monoisotopic (exact) mass is 162 g/mol. The van der Waals surface area contributed by atoms with E-state index in [1.165, 1.54) is 0 Å². The van der Waals surface area contributed by atoms with E-state index in [-0.39, 0.29) is 18.9 Å². The molecule has 0 aromatic heterocycles. The van der Waals surface area contributed by atoms with Crippen LogP contribution < -0.4 is 0 Å². The second kappa shape index (κ2) is 3.49. The lowest BCUT2D eigenvalue weighted by molar-refractivity contribution is -0.0944. The molecule has 0 amide bonds. The van der Waals surface area contributed by atoms with Gasteiger partial charge in [-0.3, -0.25) is 0 Å². The van der Waals surface area contributed by atoms with Crippen molar-refractivity contribution in [2.45, 2.75) is 31.2 Å². The van der Waals surface area contributed by atoms with E-state index in [9.17, 15) is 5.11 Å². The van der Waals surface area contributed by atoms with E-state index in [2.05, 4.69) is 0 Å². The minimum Gasteiger partial charge on any atom is -0.396 e. The zero-order valence-electron chi connectivity index (χ0n) is 6.22. The summed E-state index contributed by atoms with van der Waals surface area (Å²) >= 11 is 0. The molecule has 1 saturated carbocycles. The molecule has 1 aliphatic rings. The third-order valence-corrected chi connectivity index (χ3v) is 2.20. The zero-order valence-corrected chi connectivity index (χ0v) is 6.22. The molecule has 0 radical (unpaired) electrons. The summed E-state index contributed by atoms with van der Waals surface area (Å²) in [6.07, 6.45) is -1.79. The fourth-order valence-corrected chi connectivity index (χ4v) is 1.50. The molecule has 4 N–H and O–H groups in total. The van der Waals surface area contributed by atoms with Gasteiger partial charge in [0.05, 0.1) is 18.3 Å². The van der Waals surface area contributed by atoms with Crippen LogP contribution in [0.1, 0.15) is 12.8 Å². The van der Waals surface area contributed by atoms with Gasteiger partial charge in [0.2, 0.25) is 0 Å². The Kier molecular flexibility index (Phi) is 2.84. The van der Waals surface area contributed by atoms with Crippen molar-refractivity contribution < 1.29 is 20.4 Å². The van der Waals surface area contributed by atoms with Gasteiger partial charge in [-0.2, -0.15) is 0 Å². The molecule has 0 aromatic carbocycles. The first-order valence-electron chi connectivity index (χ1n) is 3.80. The molecule has 11 heavy (non-hydrogen) atoms. The molecule has 0 aromatic rings. The van der Waals surface area contributed by atoms with Crippen LogP contribution in [-0.2, 0) is 0 Å². The van der Waals surface area contributed by atoms with Crippen molar-refractivity contribution >= 4 is 0 Å². The fraction of sp³-hybridized carbons (Fsp3) is 1.00. The summed E-state index contributed by atoms with van der Waals surface area (Å²) in [6.45, 7) is -0.185. The molecule has 4 nitrogen and oxygen atoms in total. The van der Waals surface area contributed by atoms with Crippen molar-refractivity contribution in [3.63, 3.8) is 0 Å². The summed E-state index contributed by atoms with van der Waals surface area (Å²) in [4.78, 5) is 0. The quantitative estimate of drug-likeness (QED) is 0.377. The predicted octanol–water partition coefficient (Wildman–Crippen LogP) is -1.53. The summed E-state index contributed by atoms with van der Waals surface area (Å²) in [7, 11) is 0. The van der Waals surface area contributed by atoms with Crippen LogP contribution in [0.3, 0.4) is 0 Å². The first-order chi connectivity index (χ1) is 5.15. The minimum atomic E-state index is -0.893. The molecule has 0 saturated heterocycles. The van der Waals surface area contributed by atoms with E-state index in [1.54, 1.807) is 0 Å². The summed E-state index contributed by atoms with van der Waals surface area (Å²) < 4.78 is 0. The zero-order chi connectivity index (χ0) is 8.43. The predicted molar refractivity (Wildman–Crippen MR) is 37.8 cm³/mol. The molecular formula is C7H14O4. The van der Waals surface area contributed by atoms with E-state index in [0.29, 0.717) is 6.42 Å². The molecule has 2 unspecified atom stereocenters. The lowest BCUT2D eigenvalue weighted by Gasteiger charge is -2.33. The van der Waals surface area contributed by atoms with E-state index in [0.717, 1.165) is 0 Å². The normalized spacial score (nSPS) is 45.8.